The highest BCUT2D eigenvalue weighted by Crippen LogP contribution is 2.13. The lowest BCUT2D eigenvalue weighted by molar-refractivity contribution is -0.202. The molecule has 3 nitrogen and oxygen atoms in total. The van der Waals surface area contributed by atoms with E-state index < -0.39 is 0 Å². The summed E-state index contributed by atoms with van der Waals surface area (Å²) in [5.41, 5.74) is 1.17. The molecule has 0 aliphatic rings. The molecule has 0 aliphatic heterocycles. The van der Waals surface area contributed by atoms with Gasteiger partial charge in [-0.25, -0.2) is 0 Å². The fourth-order valence-electron chi connectivity index (χ4n) is 2.05. The molecular weight excluding hydrogens is 393 g/mol. The van der Waals surface area contributed by atoms with Gasteiger partial charge in [-0.2, -0.15) is 5.06 Å². The molecule has 0 saturated heterocycles. The van der Waals surface area contributed by atoms with E-state index in [0.29, 0.717) is 18.6 Å². The third-order valence-corrected chi connectivity index (χ3v) is 3.83. The molecular formula is C23H37Cl2NO2. The Hall–Kier alpha value is -1.10. The van der Waals surface area contributed by atoms with Crippen LogP contribution in [0.2, 0.25) is 0 Å². The van der Waals surface area contributed by atoms with Gasteiger partial charge >= 0.3 is 0 Å². The molecule has 0 saturated carbocycles. The highest BCUT2D eigenvalue weighted by molar-refractivity contribution is 6.40. The first kappa shape index (κ1) is 29.1. The molecule has 1 rings (SSSR count). The van der Waals surface area contributed by atoms with Crippen molar-refractivity contribution >= 4 is 29.3 Å². The van der Waals surface area contributed by atoms with E-state index in [-0.39, 0.29) is 11.4 Å². The first-order chi connectivity index (χ1) is 13.4. The Morgan fingerprint density at radius 2 is 1.68 bits per heavy atom. The van der Waals surface area contributed by atoms with E-state index in [1.54, 1.807) is 0 Å². The lowest BCUT2D eigenvalue weighted by atomic mass is 10.1. The van der Waals surface area contributed by atoms with Gasteiger partial charge in [-0.05, 0) is 25.8 Å². The molecule has 0 aromatic heterocycles. The predicted molar refractivity (Wildman–Crippen MR) is 126 cm³/mol. The summed E-state index contributed by atoms with van der Waals surface area (Å²) >= 11 is 9.53. The Labute approximate surface area is 182 Å². The molecule has 3 atom stereocenters. The standard InChI is InChI=1S/C14H27NO2.C8H8.CH2Cl2/c1-7-10-13(5)15(6)17-14(8-2)12(4)11-16-9-3;1-2-8-6-4-3-5-7-8;2-1-3/h7-8,12-14H,1-2,9-11H2,3-6H3;2-7H,1H2;1H2/t12-,13-,14+;;/m1../s1. The molecule has 0 bridgehead atoms. The zero-order chi connectivity index (χ0) is 21.8. The monoisotopic (exact) mass is 429 g/mol. The van der Waals surface area contributed by atoms with E-state index in [2.05, 4.69) is 33.6 Å². The maximum Gasteiger partial charge on any atom is 0.102 e. The van der Waals surface area contributed by atoms with E-state index >= 15 is 0 Å². The van der Waals surface area contributed by atoms with Crippen molar-refractivity contribution in [3.63, 3.8) is 0 Å². The molecule has 0 amide bonds. The second-order valence-electron chi connectivity index (χ2n) is 6.08. The summed E-state index contributed by atoms with van der Waals surface area (Å²) < 4.78 is 5.41. The van der Waals surface area contributed by atoms with Gasteiger partial charge in [-0.1, -0.05) is 62.1 Å². The van der Waals surface area contributed by atoms with Crippen LogP contribution in [0.5, 0.6) is 0 Å². The average Bonchev–Trinajstić information content (AvgIpc) is 2.71. The van der Waals surface area contributed by atoms with Gasteiger partial charge in [-0.15, -0.1) is 36.4 Å². The maximum absolute atomic E-state index is 5.86. The van der Waals surface area contributed by atoms with Gasteiger partial charge in [0.25, 0.3) is 0 Å². The van der Waals surface area contributed by atoms with Gasteiger partial charge in [0.1, 0.15) is 6.10 Å². The van der Waals surface area contributed by atoms with Crippen molar-refractivity contribution in [3.05, 3.63) is 67.8 Å². The average molecular weight is 430 g/mol. The quantitative estimate of drug-likeness (QED) is 0.219. The third-order valence-electron chi connectivity index (χ3n) is 3.83. The molecule has 0 heterocycles. The minimum atomic E-state index is -0.0150. The number of benzene rings is 1. The molecule has 0 spiro atoms. The van der Waals surface area contributed by atoms with Crippen molar-refractivity contribution in [1.82, 2.24) is 5.06 Å². The highest BCUT2D eigenvalue weighted by atomic mass is 35.5. The molecule has 1 aromatic rings. The van der Waals surface area contributed by atoms with E-state index in [0.717, 1.165) is 13.0 Å². The molecule has 28 heavy (non-hydrogen) atoms. The van der Waals surface area contributed by atoms with Gasteiger partial charge < -0.3 is 4.74 Å². The smallest absolute Gasteiger partial charge is 0.102 e. The maximum atomic E-state index is 5.86. The first-order valence-electron chi connectivity index (χ1n) is 9.41. The molecule has 5 heteroatoms. The fraction of sp³-hybridized carbons (Fsp3) is 0.478. The molecule has 0 aliphatic carbocycles. The topological polar surface area (TPSA) is 21.7 Å². The van der Waals surface area contributed by atoms with Gasteiger partial charge in [-0.3, -0.25) is 4.84 Å². The van der Waals surface area contributed by atoms with Crippen LogP contribution in [-0.4, -0.2) is 42.8 Å². The Balaban J connectivity index is 0. The van der Waals surface area contributed by atoms with E-state index in [1.165, 1.54) is 5.56 Å². The lowest BCUT2D eigenvalue weighted by Crippen LogP contribution is -2.36. The van der Waals surface area contributed by atoms with Crippen molar-refractivity contribution in [1.29, 1.82) is 0 Å². The van der Waals surface area contributed by atoms with Crippen molar-refractivity contribution in [2.75, 3.05) is 25.6 Å². The SMILES string of the molecule is C=CC[C@@H](C)N(C)O[C@@H](C=C)[C@H](C)COCC.C=Cc1ccccc1.ClCCl. The minimum absolute atomic E-state index is 0.0150. The Bertz CT molecular complexity index is 497. The van der Waals surface area contributed by atoms with Crippen molar-refractivity contribution in [2.45, 2.75) is 39.3 Å². The summed E-state index contributed by atoms with van der Waals surface area (Å²) in [7, 11) is 1.94. The Morgan fingerprint density at radius 1 is 1.11 bits per heavy atom. The van der Waals surface area contributed by atoms with E-state index in [1.807, 2.05) is 67.6 Å². The van der Waals surface area contributed by atoms with E-state index in [9.17, 15) is 0 Å². The number of alkyl halides is 2. The third kappa shape index (κ3) is 15.9. The lowest BCUT2D eigenvalue weighted by Gasteiger charge is -2.29. The number of halogens is 2. The summed E-state index contributed by atoms with van der Waals surface area (Å²) in [5.74, 6) is 0.297. The summed E-state index contributed by atoms with van der Waals surface area (Å²) in [5, 5.41) is 2.07. The molecule has 160 valence electrons. The molecule has 0 unspecified atom stereocenters. The fourth-order valence-corrected chi connectivity index (χ4v) is 2.05. The van der Waals surface area contributed by atoms with Crippen LogP contribution in [0.1, 0.15) is 32.8 Å². The predicted octanol–water partition coefficient (Wildman–Crippen LogP) is 6.79. The van der Waals surface area contributed by atoms with Crippen LogP contribution in [0.3, 0.4) is 0 Å². The van der Waals surface area contributed by atoms with Gasteiger partial charge in [0.15, 0.2) is 0 Å². The first-order valence-corrected chi connectivity index (χ1v) is 10.5. The van der Waals surface area contributed by atoms with Gasteiger partial charge in [0.05, 0.1) is 11.9 Å². The van der Waals surface area contributed by atoms with Gasteiger partial charge in [0.2, 0.25) is 0 Å². The molecule has 0 radical (unpaired) electrons. The normalized spacial score (nSPS) is 13.1. The summed E-state index contributed by atoms with van der Waals surface area (Å²) in [6.07, 6.45) is 6.46. The molecule has 1 aromatic carbocycles. The second kappa shape index (κ2) is 20.6. The van der Waals surface area contributed by atoms with Gasteiger partial charge in [0, 0.05) is 25.6 Å². The van der Waals surface area contributed by atoms with Crippen LogP contribution < -0.4 is 0 Å². The van der Waals surface area contributed by atoms with Crippen LogP contribution in [0.25, 0.3) is 6.08 Å². The summed E-state index contributed by atoms with van der Waals surface area (Å²) in [6.45, 7) is 18.8. The minimum Gasteiger partial charge on any atom is -0.381 e. The summed E-state index contributed by atoms with van der Waals surface area (Å²) in [4.78, 5) is 5.86. The van der Waals surface area contributed by atoms with Crippen LogP contribution >= 0.6 is 23.2 Å². The Kier molecular flexibility index (Phi) is 21.4. The van der Waals surface area contributed by atoms with Crippen molar-refractivity contribution in [2.24, 2.45) is 5.92 Å². The highest BCUT2D eigenvalue weighted by Gasteiger charge is 2.19. The number of rotatable bonds is 11. The van der Waals surface area contributed by atoms with Crippen molar-refractivity contribution in [3.8, 4) is 0 Å². The largest absolute Gasteiger partial charge is 0.381 e. The summed E-state index contributed by atoms with van der Waals surface area (Å²) in [6, 6.07) is 10.3. The molecule has 0 N–H and O–H groups in total. The number of ether oxygens (including phenoxy) is 1. The van der Waals surface area contributed by atoms with Crippen molar-refractivity contribution < 1.29 is 9.57 Å². The Morgan fingerprint density at radius 3 is 2.07 bits per heavy atom. The zero-order valence-corrected chi connectivity index (χ0v) is 19.3. The molecule has 0 fully saturated rings. The second-order valence-corrected chi connectivity index (χ2v) is 6.89. The van der Waals surface area contributed by atoms with Crippen LogP contribution in [-0.2, 0) is 9.57 Å². The number of nitrogens with zero attached hydrogens (tertiary/aromatic N) is 1. The number of hydrogen-bond acceptors (Lipinski definition) is 3. The zero-order valence-electron chi connectivity index (χ0n) is 17.8. The van der Waals surface area contributed by atoms with E-state index in [4.69, 9.17) is 32.8 Å². The number of hydroxylamine groups is 2. The van der Waals surface area contributed by atoms with Crippen LogP contribution in [0.15, 0.2) is 62.2 Å². The van der Waals surface area contributed by atoms with Crippen LogP contribution in [0, 0.1) is 5.92 Å². The van der Waals surface area contributed by atoms with Crippen LogP contribution in [0.4, 0.5) is 0 Å². The number of hydrogen-bond donors (Lipinski definition) is 0.